The van der Waals surface area contributed by atoms with Gasteiger partial charge in [0.2, 0.25) is 12.7 Å². The van der Waals surface area contributed by atoms with Crippen LogP contribution in [-0.4, -0.2) is 28.3 Å². The van der Waals surface area contributed by atoms with Crippen molar-refractivity contribution >= 4 is 17.5 Å². The van der Waals surface area contributed by atoms with Crippen LogP contribution in [0.5, 0.6) is 11.5 Å². The van der Waals surface area contributed by atoms with Crippen molar-refractivity contribution in [1.29, 1.82) is 0 Å². The Morgan fingerprint density at radius 3 is 2.70 bits per heavy atom. The van der Waals surface area contributed by atoms with Crippen LogP contribution in [0.25, 0.3) is 5.69 Å². The number of Topliss-reactive ketones (excluding diaryl/α,β-unsaturated/α-hetero) is 1. The van der Waals surface area contributed by atoms with Gasteiger partial charge >= 0.3 is 0 Å². The average molecular weight is 403 g/mol. The number of hydrogen-bond acceptors (Lipinski definition) is 5. The molecule has 0 saturated carbocycles. The van der Waals surface area contributed by atoms with Crippen LogP contribution >= 0.6 is 0 Å². The molecule has 0 unspecified atom stereocenters. The molecule has 3 heterocycles. The van der Waals surface area contributed by atoms with E-state index < -0.39 is 5.92 Å². The summed E-state index contributed by atoms with van der Waals surface area (Å²) >= 11 is 0. The van der Waals surface area contributed by atoms with Crippen LogP contribution < -0.4 is 14.8 Å². The van der Waals surface area contributed by atoms with Crippen LogP contribution in [0.3, 0.4) is 0 Å². The summed E-state index contributed by atoms with van der Waals surface area (Å²) in [6.45, 7) is 4.11. The molecule has 1 aromatic heterocycles. The number of carbonyl (C=O) groups excluding carboxylic acids is 2. The fourth-order valence-electron chi connectivity index (χ4n) is 4.08. The third-order valence-electron chi connectivity index (χ3n) is 5.67. The van der Waals surface area contributed by atoms with E-state index in [0.29, 0.717) is 22.9 Å². The lowest BCUT2D eigenvalue weighted by atomic mass is 9.85. The summed E-state index contributed by atoms with van der Waals surface area (Å²) in [5.41, 5.74) is 4.04. The van der Waals surface area contributed by atoms with E-state index in [2.05, 4.69) is 17.3 Å². The minimum absolute atomic E-state index is 0.0849. The number of hydrogen-bond donors (Lipinski definition) is 1. The number of benzene rings is 2. The van der Waals surface area contributed by atoms with Gasteiger partial charge in [-0.05, 0) is 49.2 Å². The number of aromatic nitrogens is 2. The van der Waals surface area contributed by atoms with E-state index >= 15 is 0 Å². The highest BCUT2D eigenvalue weighted by Gasteiger charge is 2.36. The molecule has 0 fully saturated rings. The first-order valence-corrected chi connectivity index (χ1v) is 9.97. The molecule has 0 bridgehead atoms. The molecule has 1 amide bonds. The Labute approximate surface area is 173 Å². The summed E-state index contributed by atoms with van der Waals surface area (Å²) in [4.78, 5) is 25.9. The van der Waals surface area contributed by atoms with Crippen molar-refractivity contribution in [2.45, 2.75) is 32.6 Å². The van der Waals surface area contributed by atoms with Crippen molar-refractivity contribution in [2.75, 3.05) is 12.1 Å². The number of rotatable bonds is 4. The van der Waals surface area contributed by atoms with Gasteiger partial charge in [0.05, 0.1) is 17.3 Å². The molecule has 2 aliphatic rings. The Bertz CT molecular complexity index is 1160. The van der Waals surface area contributed by atoms with Gasteiger partial charge < -0.3 is 14.8 Å². The summed E-state index contributed by atoms with van der Waals surface area (Å²) in [6, 6.07) is 13.1. The average Bonchev–Trinajstić information content (AvgIpc) is 3.36. The molecule has 1 N–H and O–H groups in total. The number of amides is 1. The second-order valence-corrected chi connectivity index (χ2v) is 7.52. The zero-order valence-corrected chi connectivity index (χ0v) is 16.8. The van der Waals surface area contributed by atoms with E-state index in [1.807, 2.05) is 31.2 Å². The van der Waals surface area contributed by atoms with E-state index in [9.17, 15) is 9.59 Å². The third-order valence-corrected chi connectivity index (χ3v) is 5.67. The lowest BCUT2D eigenvalue weighted by molar-refractivity contribution is -0.116. The van der Waals surface area contributed by atoms with E-state index in [1.54, 1.807) is 22.9 Å². The number of nitrogens with one attached hydrogen (secondary N) is 1. The second-order valence-electron chi connectivity index (χ2n) is 7.52. The van der Waals surface area contributed by atoms with Crippen LogP contribution in [0.2, 0.25) is 0 Å². The fourth-order valence-corrected chi connectivity index (χ4v) is 4.08. The molecule has 30 heavy (non-hydrogen) atoms. The third kappa shape index (κ3) is 2.94. The molecule has 7 heteroatoms. The smallest absolute Gasteiger partial charge is 0.231 e. The van der Waals surface area contributed by atoms with Crippen LogP contribution in [0, 0.1) is 6.92 Å². The van der Waals surface area contributed by atoms with Gasteiger partial charge in [-0.2, -0.15) is 5.10 Å². The Hall–Kier alpha value is -3.61. The van der Waals surface area contributed by atoms with Gasteiger partial charge in [0.25, 0.3) is 0 Å². The van der Waals surface area contributed by atoms with E-state index in [4.69, 9.17) is 9.47 Å². The maximum atomic E-state index is 13.4. The monoisotopic (exact) mass is 403 g/mol. The van der Waals surface area contributed by atoms with Gasteiger partial charge in [-0.25, -0.2) is 4.68 Å². The maximum absolute atomic E-state index is 13.4. The van der Waals surface area contributed by atoms with Gasteiger partial charge in [0, 0.05) is 17.5 Å². The maximum Gasteiger partial charge on any atom is 0.231 e. The number of nitrogens with zero attached hydrogens (tertiary/aromatic N) is 2. The number of fused-ring (bicyclic) bond motifs is 2. The first-order chi connectivity index (χ1) is 14.5. The first kappa shape index (κ1) is 18.4. The van der Waals surface area contributed by atoms with Crippen LogP contribution in [0.4, 0.5) is 5.82 Å². The molecule has 3 aromatic rings. The largest absolute Gasteiger partial charge is 0.454 e. The quantitative estimate of drug-likeness (QED) is 0.671. The molecule has 0 radical (unpaired) electrons. The van der Waals surface area contributed by atoms with Crippen LogP contribution in [0.1, 0.15) is 46.4 Å². The normalized spacial score (nSPS) is 16.9. The van der Waals surface area contributed by atoms with Crippen molar-refractivity contribution in [1.82, 2.24) is 9.78 Å². The Morgan fingerprint density at radius 2 is 1.93 bits per heavy atom. The van der Waals surface area contributed by atoms with Gasteiger partial charge in [0.1, 0.15) is 5.82 Å². The Balaban J connectivity index is 1.56. The topological polar surface area (TPSA) is 82.5 Å². The van der Waals surface area contributed by atoms with Crippen molar-refractivity contribution in [3.8, 4) is 17.2 Å². The lowest BCUT2D eigenvalue weighted by Gasteiger charge is -2.23. The number of ketones is 1. The lowest BCUT2D eigenvalue weighted by Crippen LogP contribution is -2.28. The van der Waals surface area contributed by atoms with Gasteiger partial charge in [-0.1, -0.05) is 19.1 Å². The molecular formula is C23H21N3O4. The predicted octanol–water partition coefficient (Wildman–Crippen LogP) is 3.78. The molecule has 0 spiro atoms. The fraction of sp³-hybridized carbons (Fsp3) is 0.261. The molecule has 1 atom stereocenters. The van der Waals surface area contributed by atoms with Crippen molar-refractivity contribution in [3.63, 3.8) is 0 Å². The van der Waals surface area contributed by atoms with Crippen LogP contribution in [0.15, 0.2) is 42.5 Å². The summed E-state index contributed by atoms with van der Waals surface area (Å²) in [5, 5.41) is 7.56. The first-order valence-electron chi connectivity index (χ1n) is 9.97. The minimum atomic E-state index is -0.599. The molecule has 152 valence electrons. The molecule has 2 aliphatic heterocycles. The Morgan fingerprint density at radius 1 is 1.17 bits per heavy atom. The predicted molar refractivity (Wildman–Crippen MR) is 111 cm³/mol. The number of aryl methyl sites for hydroxylation is 2. The van der Waals surface area contributed by atoms with E-state index in [1.165, 1.54) is 5.56 Å². The highest BCUT2D eigenvalue weighted by atomic mass is 16.7. The molecular weight excluding hydrogens is 382 g/mol. The molecule has 0 aliphatic carbocycles. The number of carbonyl (C=O) groups is 2. The van der Waals surface area contributed by atoms with Crippen molar-refractivity contribution < 1.29 is 19.1 Å². The zero-order valence-electron chi connectivity index (χ0n) is 16.8. The van der Waals surface area contributed by atoms with Gasteiger partial charge in [0.15, 0.2) is 17.3 Å². The van der Waals surface area contributed by atoms with Crippen molar-refractivity contribution in [2.24, 2.45) is 0 Å². The summed E-state index contributed by atoms with van der Waals surface area (Å²) < 4.78 is 12.4. The highest BCUT2D eigenvalue weighted by molar-refractivity contribution is 6.08. The van der Waals surface area contributed by atoms with Gasteiger partial charge in [-0.15, -0.1) is 0 Å². The summed E-state index contributed by atoms with van der Waals surface area (Å²) in [6.07, 6.45) is 1.03. The SMILES string of the molecule is CCc1ccc(-n2nc(C)c3c2NC(=O)C[C@@H]3C(=O)c2ccc3c(c2)OCO3)cc1. The summed E-state index contributed by atoms with van der Waals surface area (Å²) in [7, 11) is 0. The molecule has 7 nitrogen and oxygen atoms in total. The van der Waals surface area contributed by atoms with E-state index in [-0.39, 0.29) is 24.9 Å². The molecule has 0 saturated heterocycles. The van der Waals surface area contributed by atoms with E-state index in [0.717, 1.165) is 23.4 Å². The number of anilines is 1. The minimum Gasteiger partial charge on any atom is -0.454 e. The summed E-state index contributed by atoms with van der Waals surface area (Å²) in [5.74, 6) is 0.795. The standard InChI is InChI=1S/C23H21N3O4/c1-3-14-4-7-16(8-5-14)26-23-21(13(2)25-26)17(11-20(27)24-23)22(28)15-6-9-18-19(10-15)30-12-29-18/h4-10,17H,3,11-12H2,1-2H3,(H,24,27)/t17-/m0/s1. The molecule has 2 aromatic carbocycles. The van der Waals surface area contributed by atoms with Crippen molar-refractivity contribution in [3.05, 3.63) is 64.8 Å². The van der Waals surface area contributed by atoms with Gasteiger partial charge in [-0.3, -0.25) is 9.59 Å². The van der Waals surface area contributed by atoms with Crippen LogP contribution in [-0.2, 0) is 11.2 Å². The zero-order chi connectivity index (χ0) is 20.8. The second kappa shape index (κ2) is 7.02. The Kier molecular flexibility index (Phi) is 4.31. The molecule has 5 rings (SSSR count). The highest BCUT2D eigenvalue weighted by Crippen LogP contribution is 2.40. The number of ether oxygens (including phenoxy) is 2.